The molecule has 0 saturated carbocycles. The Balaban J connectivity index is 1.69. The molecule has 2 N–H and O–H groups in total. The standard InChI is InChI=1S/C15H15FN4O3/c16-12-3-4-13(19-9-12)8-14(21)17-5-6-18-15(22)11-2-1-7-20(23)10-11/h1-4,7,9-10H,5-6,8H2,(H,17,21)(H,18,22). The van der Waals surface area contributed by atoms with Crippen molar-refractivity contribution in [3.63, 3.8) is 0 Å². The van der Waals surface area contributed by atoms with E-state index in [0.29, 0.717) is 10.4 Å². The summed E-state index contributed by atoms with van der Waals surface area (Å²) < 4.78 is 13.2. The summed E-state index contributed by atoms with van der Waals surface area (Å²) in [6, 6.07) is 5.66. The molecule has 0 bridgehead atoms. The van der Waals surface area contributed by atoms with Crippen LogP contribution in [0.2, 0.25) is 0 Å². The molecule has 7 nitrogen and oxygen atoms in total. The van der Waals surface area contributed by atoms with Crippen molar-refractivity contribution >= 4 is 11.8 Å². The van der Waals surface area contributed by atoms with Gasteiger partial charge in [0.1, 0.15) is 11.4 Å². The number of nitrogens with zero attached hydrogens (tertiary/aromatic N) is 2. The van der Waals surface area contributed by atoms with E-state index in [1.165, 1.54) is 30.5 Å². The van der Waals surface area contributed by atoms with Gasteiger partial charge in [-0.2, -0.15) is 4.73 Å². The molecule has 2 amide bonds. The van der Waals surface area contributed by atoms with E-state index in [2.05, 4.69) is 15.6 Å². The maximum atomic E-state index is 12.7. The van der Waals surface area contributed by atoms with Gasteiger partial charge in [-0.15, -0.1) is 0 Å². The molecule has 0 fully saturated rings. The number of pyridine rings is 2. The highest BCUT2D eigenvalue weighted by Gasteiger charge is 2.08. The Bertz CT molecular complexity index is 691. The third-order valence-corrected chi connectivity index (χ3v) is 2.90. The van der Waals surface area contributed by atoms with Crippen molar-refractivity contribution in [2.75, 3.05) is 13.1 Å². The lowest BCUT2D eigenvalue weighted by Crippen LogP contribution is -2.36. The normalized spacial score (nSPS) is 10.1. The van der Waals surface area contributed by atoms with Crippen molar-refractivity contribution in [3.05, 3.63) is 65.1 Å². The molecule has 0 radical (unpaired) electrons. The van der Waals surface area contributed by atoms with Gasteiger partial charge < -0.3 is 15.8 Å². The Morgan fingerprint density at radius 1 is 1.22 bits per heavy atom. The maximum Gasteiger partial charge on any atom is 0.257 e. The lowest BCUT2D eigenvalue weighted by molar-refractivity contribution is -0.605. The van der Waals surface area contributed by atoms with Gasteiger partial charge in [-0.3, -0.25) is 14.6 Å². The molecule has 23 heavy (non-hydrogen) atoms. The quantitative estimate of drug-likeness (QED) is 0.443. The molecular weight excluding hydrogens is 303 g/mol. The summed E-state index contributed by atoms with van der Waals surface area (Å²) >= 11 is 0. The molecule has 0 saturated heterocycles. The summed E-state index contributed by atoms with van der Waals surface area (Å²) in [6.45, 7) is 0.450. The van der Waals surface area contributed by atoms with Crippen LogP contribution < -0.4 is 15.4 Å². The highest BCUT2D eigenvalue weighted by molar-refractivity contribution is 5.93. The Morgan fingerprint density at radius 3 is 2.70 bits per heavy atom. The fraction of sp³-hybridized carbons (Fsp3) is 0.200. The molecule has 0 aliphatic carbocycles. The van der Waals surface area contributed by atoms with E-state index in [1.54, 1.807) is 0 Å². The Kier molecular flexibility index (Phi) is 5.56. The first-order valence-corrected chi connectivity index (χ1v) is 6.89. The predicted octanol–water partition coefficient (Wildman–Crippen LogP) is -0.0572. The van der Waals surface area contributed by atoms with Crippen LogP contribution in [0.5, 0.6) is 0 Å². The summed E-state index contributed by atoms with van der Waals surface area (Å²) in [7, 11) is 0. The van der Waals surface area contributed by atoms with Gasteiger partial charge in [-0.25, -0.2) is 4.39 Å². The topological polar surface area (TPSA) is 98.0 Å². The molecule has 2 heterocycles. The largest absolute Gasteiger partial charge is 0.619 e. The predicted molar refractivity (Wildman–Crippen MR) is 78.6 cm³/mol. The van der Waals surface area contributed by atoms with Crippen LogP contribution in [0.3, 0.4) is 0 Å². The average Bonchev–Trinajstić information content (AvgIpc) is 2.53. The first-order valence-electron chi connectivity index (χ1n) is 6.89. The SMILES string of the molecule is O=C(Cc1ccc(F)cn1)NCCNC(=O)c1ccc[n+]([O-])c1. The molecule has 2 aromatic heterocycles. The summed E-state index contributed by atoms with van der Waals surface area (Å²) in [5.41, 5.74) is 0.696. The van der Waals surface area contributed by atoms with Crippen LogP contribution in [-0.2, 0) is 11.2 Å². The molecule has 120 valence electrons. The Labute approximate surface area is 131 Å². The van der Waals surface area contributed by atoms with E-state index >= 15 is 0 Å². The minimum absolute atomic E-state index is 0.0308. The second kappa shape index (κ2) is 7.83. The van der Waals surface area contributed by atoms with E-state index in [0.717, 1.165) is 12.4 Å². The zero-order chi connectivity index (χ0) is 16.7. The number of nitrogens with one attached hydrogen (secondary N) is 2. The summed E-state index contributed by atoms with van der Waals surface area (Å²) in [6.07, 6.45) is 3.52. The second-order valence-electron chi connectivity index (χ2n) is 4.70. The highest BCUT2D eigenvalue weighted by atomic mass is 19.1. The summed E-state index contributed by atoms with van der Waals surface area (Å²) in [5.74, 6) is -1.14. The van der Waals surface area contributed by atoms with Crippen molar-refractivity contribution in [3.8, 4) is 0 Å². The lowest BCUT2D eigenvalue weighted by atomic mass is 10.2. The third-order valence-electron chi connectivity index (χ3n) is 2.90. The highest BCUT2D eigenvalue weighted by Crippen LogP contribution is 1.98. The van der Waals surface area contributed by atoms with Crippen molar-refractivity contribution in [2.45, 2.75) is 6.42 Å². The molecule has 0 aliphatic heterocycles. The third kappa shape index (κ3) is 5.34. The van der Waals surface area contributed by atoms with Crippen LogP contribution in [0, 0.1) is 11.0 Å². The van der Waals surface area contributed by atoms with Gasteiger partial charge in [-0.05, 0) is 18.2 Å². The van der Waals surface area contributed by atoms with Gasteiger partial charge in [0.25, 0.3) is 5.91 Å². The van der Waals surface area contributed by atoms with Gasteiger partial charge >= 0.3 is 0 Å². The number of carbonyl (C=O) groups excluding carboxylic acids is 2. The molecule has 0 aliphatic rings. The molecule has 2 aromatic rings. The first kappa shape index (κ1) is 16.3. The van der Waals surface area contributed by atoms with E-state index in [4.69, 9.17) is 0 Å². The van der Waals surface area contributed by atoms with E-state index < -0.39 is 11.7 Å². The zero-order valence-electron chi connectivity index (χ0n) is 12.2. The molecule has 0 aromatic carbocycles. The maximum absolute atomic E-state index is 12.7. The van der Waals surface area contributed by atoms with Crippen molar-refractivity contribution in [1.82, 2.24) is 15.6 Å². The molecule has 0 spiro atoms. The van der Waals surface area contributed by atoms with Crippen LogP contribution in [0.4, 0.5) is 4.39 Å². The van der Waals surface area contributed by atoms with Crippen LogP contribution in [0.1, 0.15) is 16.1 Å². The number of carbonyl (C=O) groups is 2. The van der Waals surface area contributed by atoms with Gasteiger partial charge in [-0.1, -0.05) is 0 Å². The van der Waals surface area contributed by atoms with E-state index in [-0.39, 0.29) is 31.0 Å². The van der Waals surface area contributed by atoms with E-state index in [9.17, 15) is 19.2 Å². The smallest absolute Gasteiger partial charge is 0.257 e. The number of hydrogen-bond donors (Lipinski definition) is 2. The van der Waals surface area contributed by atoms with Gasteiger partial charge in [0, 0.05) is 24.8 Å². The Hall–Kier alpha value is -3.03. The monoisotopic (exact) mass is 318 g/mol. The van der Waals surface area contributed by atoms with Crippen LogP contribution >= 0.6 is 0 Å². The van der Waals surface area contributed by atoms with Crippen molar-refractivity contribution < 1.29 is 18.7 Å². The number of halogens is 1. The summed E-state index contributed by atoms with van der Waals surface area (Å²) in [4.78, 5) is 27.2. The molecule has 0 unspecified atom stereocenters. The number of hydrogen-bond acceptors (Lipinski definition) is 4. The number of aromatic nitrogens is 2. The van der Waals surface area contributed by atoms with Crippen molar-refractivity contribution in [2.24, 2.45) is 0 Å². The molecule has 0 atom stereocenters. The molecule has 8 heteroatoms. The fourth-order valence-electron chi connectivity index (χ4n) is 1.81. The van der Waals surface area contributed by atoms with Crippen molar-refractivity contribution in [1.29, 1.82) is 0 Å². The molecule has 2 rings (SSSR count). The summed E-state index contributed by atoms with van der Waals surface area (Å²) in [5, 5.41) is 16.3. The number of rotatable bonds is 6. The number of amides is 2. The zero-order valence-corrected chi connectivity index (χ0v) is 12.2. The van der Waals surface area contributed by atoms with Crippen LogP contribution in [0.25, 0.3) is 0 Å². The average molecular weight is 318 g/mol. The van der Waals surface area contributed by atoms with Gasteiger partial charge in [0.2, 0.25) is 5.91 Å². The first-order chi connectivity index (χ1) is 11.0. The van der Waals surface area contributed by atoms with Crippen LogP contribution in [-0.4, -0.2) is 29.9 Å². The molecular formula is C15H15FN4O3. The minimum atomic E-state index is -0.461. The lowest BCUT2D eigenvalue weighted by Gasteiger charge is -2.07. The fourth-order valence-corrected chi connectivity index (χ4v) is 1.81. The minimum Gasteiger partial charge on any atom is -0.619 e. The second-order valence-corrected chi connectivity index (χ2v) is 4.70. The van der Waals surface area contributed by atoms with Crippen LogP contribution in [0.15, 0.2) is 42.9 Å². The van der Waals surface area contributed by atoms with Gasteiger partial charge in [0.15, 0.2) is 12.4 Å². The van der Waals surface area contributed by atoms with Gasteiger partial charge in [0.05, 0.1) is 12.6 Å². The van der Waals surface area contributed by atoms with E-state index in [1.807, 2.05) is 0 Å². The Morgan fingerprint density at radius 2 is 2.00 bits per heavy atom.